The largest absolute Gasteiger partial charge is 0.338 e. The van der Waals surface area contributed by atoms with E-state index in [4.69, 9.17) is 4.52 Å². The molecule has 1 aliphatic carbocycles. The van der Waals surface area contributed by atoms with Crippen LogP contribution in [0.4, 0.5) is 4.79 Å². The minimum atomic E-state index is 0.103. The van der Waals surface area contributed by atoms with Crippen molar-refractivity contribution < 1.29 is 9.32 Å². The molecule has 0 atom stereocenters. The number of rotatable bonds is 6. The van der Waals surface area contributed by atoms with Crippen molar-refractivity contribution in [1.29, 1.82) is 0 Å². The van der Waals surface area contributed by atoms with Gasteiger partial charge < -0.3 is 14.7 Å². The van der Waals surface area contributed by atoms with E-state index in [2.05, 4.69) is 27.3 Å². The number of aromatic nitrogens is 2. The number of hydrogen-bond donors (Lipinski definition) is 1. The van der Waals surface area contributed by atoms with E-state index in [-0.39, 0.29) is 6.03 Å². The number of hydrogen-bond acceptors (Lipinski definition) is 5. The summed E-state index contributed by atoms with van der Waals surface area (Å²) in [6.07, 6.45) is 9.15. The average Bonchev–Trinajstić information content (AvgIpc) is 3.08. The van der Waals surface area contributed by atoms with Crippen LogP contribution >= 0.6 is 0 Å². The normalized spacial score (nSPS) is 20.0. The Morgan fingerprint density at radius 1 is 1.20 bits per heavy atom. The van der Waals surface area contributed by atoms with Crippen LogP contribution in [0.15, 0.2) is 4.52 Å². The molecule has 1 saturated heterocycles. The summed E-state index contributed by atoms with van der Waals surface area (Å²) in [4.78, 5) is 21.1. The summed E-state index contributed by atoms with van der Waals surface area (Å²) in [7, 11) is 0. The fourth-order valence-corrected chi connectivity index (χ4v) is 3.60. The second kappa shape index (κ2) is 9.17. The first-order valence-electron chi connectivity index (χ1n) is 9.84. The smallest absolute Gasteiger partial charge is 0.317 e. The highest BCUT2D eigenvalue weighted by atomic mass is 16.5. The summed E-state index contributed by atoms with van der Waals surface area (Å²) in [5.74, 6) is 1.49. The number of aryl methyl sites for hydroxylation is 1. The maximum absolute atomic E-state index is 12.4. The molecule has 7 heteroatoms. The number of nitrogens with one attached hydrogen (secondary N) is 1. The molecule has 1 aromatic heterocycles. The third-order valence-electron chi connectivity index (χ3n) is 5.22. The molecule has 0 spiro atoms. The van der Waals surface area contributed by atoms with Crippen molar-refractivity contribution in [1.82, 2.24) is 25.3 Å². The van der Waals surface area contributed by atoms with Gasteiger partial charge in [-0.3, -0.25) is 4.90 Å². The van der Waals surface area contributed by atoms with Crippen LogP contribution in [0, 0.1) is 0 Å². The molecule has 25 heavy (non-hydrogen) atoms. The molecule has 2 amide bonds. The van der Waals surface area contributed by atoms with Crippen LogP contribution in [0.3, 0.4) is 0 Å². The van der Waals surface area contributed by atoms with Crippen molar-refractivity contribution in [3.05, 3.63) is 11.7 Å². The van der Waals surface area contributed by atoms with E-state index in [9.17, 15) is 4.79 Å². The van der Waals surface area contributed by atoms with E-state index in [0.29, 0.717) is 18.5 Å². The number of carbonyl (C=O) groups is 1. The number of amides is 2. The van der Waals surface area contributed by atoms with Crippen LogP contribution in [0.25, 0.3) is 0 Å². The number of urea groups is 1. The fraction of sp³-hybridized carbons (Fsp3) is 0.833. The molecule has 2 heterocycles. The Morgan fingerprint density at radius 3 is 2.68 bits per heavy atom. The van der Waals surface area contributed by atoms with Crippen LogP contribution in [0.2, 0.25) is 0 Å². The lowest BCUT2D eigenvalue weighted by Gasteiger charge is -2.35. The van der Waals surface area contributed by atoms with Crippen molar-refractivity contribution in [2.24, 2.45) is 0 Å². The summed E-state index contributed by atoms with van der Waals surface area (Å²) >= 11 is 0. The van der Waals surface area contributed by atoms with E-state index in [0.717, 1.165) is 64.1 Å². The van der Waals surface area contributed by atoms with Crippen molar-refractivity contribution in [3.8, 4) is 0 Å². The zero-order chi connectivity index (χ0) is 17.5. The van der Waals surface area contributed by atoms with E-state index in [1.165, 1.54) is 19.3 Å². The zero-order valence-corrected chi connectivity index (χ0v) is 15.4. The minimum Gasteiger partial charge on any atom is -0.338 e. The number of piperazine rings is 1. The SMILES string of the molecule is CCCCc1noc(CN2CCN(C(=O)NC3CCCCC3)CC2)n1. The lowest BCUT2D eigenvalue weighted by Crippen LogP contribution is -2.53. The molecule has 1 aromatic rings. The molecule has 2 fully saturated rings. The molecule has 7 nitrogen and oxygen atoms in total. The Kier molecular flexibility index (Phi) is 6.67. The highest BCUT2D eigenvalue weighted by Crippen LogP contribution is 2.18. The average molecular weight is 349 g/mol. The summed E-state index contributed by atoms with van der Waals surface area (Å²) in [5.41, 5.74) is 0. The van der Waals surface area contributed by atoms with Gasteiger partial charge in [-0.15, -0.1) is 0 Å². The third kappa shape index (κ3) is 5.42. The maximum Gasteiger partial charge on any atom is 0.317 e. The van der Waals surface area contributed by atoms with Crippen LogP contribution in [0.1, 0.15) is 63.6 Å². The number of unbranched alkanes of at least 4 members (excludes halogenated alkanes) is 1. The fourth-order valence-electron chi connectivity index (χ4n) is 3.60. The van der Waals surface area contributed by atoms with Gasteiger partial charge in [0, 0.05) is 38.6 Å². The molecule has 2 aliphatic rings. The van der Waals surface area contributed by atoms with Crippen LogP contribution in [-0.4, -0.2) is 58.2 Å². The molecule has 1 aliphatic heterocycles. The van der Waals surface area contributed by atoms with Crippen molar-refractivity contribution >= 4 is 6.03 Å². The van der Waals surface area contributed by atoms with Gasteiger partial charge in [0.1, 0.15) is 0 Å². The lowest BCUT2D eigenvalue weighted by molar-refractivity contribution is 0.123. The molecule has 0 radical (unpaired) electrons. The predicted octanol–water partition coefficient (Wildman–Crippen LogP) is 2.57. The Labute approximate surface area is 150 Å². The Balaban J connectivity index is 1.39. The minimum absolute atomic E-state index is 0.103. The first-order chi connectivity index (χ1) is 12.2. The van der Waals surface area contributed by atoms with E-state index >= 15 is 0 Å². The maximum atomic E-state index is 12.4. The first kappa shape index (κ1) is 18.2. The van der Waals surface area contributed by atoms with Crippen molar-refractivity contribution in [2.45, 2.75) is 70.9 Å². The Morgan fingerprint density at radius 2 is 1.96 bits per heavy atom. The van der Waals surface area contributed by atoms with E-state index < -0.39 is 0 Å². The topological polar surface area (TPSA) is 74.5 Å². The molecule has 0 aromatic carbocycles. The quantitative estimate of drug-likeness (QED) is 0.854. The summed E-state index contributed by atoms with van der Waals surface area (Å²) in [6.45, 7) is 6.06. The van der Waals surface area contributed by atoms with Gasteiger partial charge in [0.15, 0.2) is 5.82 Å². The van der Waals surface area contributed by atoms with Gasteiger partial charge in [-0.25, -0.2) is 4.79 Å². The number of carbonyl (C=O) groups excluding carboxylic acids is 1. The predicted molar refractivity (Wildman–Crippen MR) is 95.2 cm³/mol. The van der Waals surface area contributed by atoms with Gasteiger partial charge in [-0.05, 0) is 19.3 Å². The lowest BCUT2D eigenvalue weighted by atomic mass is 9.96. The number of nitrogens with zero attached hydrogens (tertiary/aromatic N) is 4. The third-order valence-corrected chi connectivity index (χ3v) is 5.22. The summed E-state index contributed by atoms with van der Waals surface area (Å²) in [6, 6.07) is 0.477. The summed E-state index contributed by atoms with van der Waals surface area (Å²) in [5, 5.41) is 7.24. The van der Waals surface area contributed by atoms with Crippen molar-refractivity contribution in [3.63, 3.8) is 0 Å². The molecule has 1 N–H and O–H groups in total. The molecule has 0 bridgehead atoms. The molecule has 1 saturated carbocycles. The standard InChI is InChI=1S/C18H31N5O2/c1-2-3-9-16-20-17(25-21-16)14-22-10-12-23(13-11-22)18(24)19-15-7-5-4-6-8-15/h15H,2-14H2,1H3,(H,19,24). The van der Waals surface area contributed by atoms with Crippen LogP contribution in [0.5, 0.6) is 0 Å². The molecule has 140 valence electrons. The first-order valence-corrected chi connectivity index (χ1v) is 9.84. The monoisotopic (exact) mass is 349 g/mol. The molecular weight excluding hydrogens is 318 g/mol. The van der Waals surface area contributed by atoms with Crippen LogP contribution in [-0.2, 0) is 13.0 Å². The van der Waals surface area contributed by atoms with Gasteiger partial charge in [0.2, 0.25) is 5.89 Å². The van der Waals surface area contributed by atoms with E-state index in [1.807, 2.05) is 4.90 Å². The Bertz CT molecular complexity index is 533. The van der Waals surface area contributed by atoms with E-state index in [1.54, 1.807) is 0 Å². The molecule has 3 rings (SSSR count). The highest BCUT2D eigenvalue weighted by molar-refractivity contribution is 5.74. The second-order valence-electron chi connectivity index (χ2n) is 7.26. The van der Waals surface area contributed by atoms with Gasteiger partial charge >= 0.3 is 6.03 Å². The van der Waals surface area contributed by atoms with Crippen LogP contribution < -0.4 is 5.32 Å². The summed E-state index contributed by atoms with van der Waals surface area (Å²) < 4.78 is 5.34. The van der Waals surface area contributed by atoms with Crippen molar-refractivity contribution in [2.75, 3.05) is 26.2 Å². The van der Waals surface area contributed by atoms with Gasteiger partial charge in [-0.1, -0.05) is 37.8 Å². The van der Waals surface area contributed by atoms with Gasteiger partial charge in [-0.2, -0.15) is 4.98 Å². The molecule has 0 unspecified atom stereocenters. The van der Waals surface area contributed by atoms with Gasteiger partial charge in [0.25, 0.3) is 0 Å². The Hall–Kier alpha value is -1.63. The second-order valence-corrected chi connectivity index (χ2v) is 7.26. The highest BCUT2D eigenvalue weighted by Gasteiger charge is 2.24. The van der Waals surface area contributed by atoms with Gasteiger partial charge in [0.05, 0.1) is 6.54 Å². The zero-order valence-electron chi connectivity index (χ0n) is 15.4. The molecular formula is C18H31N5O2.